The summed E-state index contributed by atoms with van der Waals surface area (Å²) in [6, 6.07) is -1.66. The zero-order valence-corrected chi connectivity index (χ0v) is 19.0. The Morgan fingerprint density at radius 1 is 1.38 bits per heavy atom. The molecule has 3 aliphatic rings. The number of aliphatic carboxylic acids is 1. The molecule has 0 aromatic carbocycles. The van der Waals surface area contributed by atoms with Gasteiger partial charge in [-0.1, -0.05) is 5.16 Å². The van der Waals surface area contributed by atoms with Crippen molar-refractivity contribution in [1.82, 2.24) is 19.5 Å². The largest absolute Gasteiger partial charge is 0.478 e. The number of rotatable bonds is 10. The molecule has 184 valence electrons. The number of β-lactam (4-membered cyclic amide) rings is 1. The Bertz CT molecular complexity index is 1190. The lowest BCUT2D eigenvalue weighted by Crippen LogP contribution is -2.66. The molecule has 34 heavy (non-hydrogen) atoms. The van der Waals surface area contributed by atoms with E-state index in [2.05, 4.69) is 15.5 Å². The first kappa shape index (κ1) is 23.8. The molecule has 2 aliphatic heterocycles. The number of hydrogen-bond donors (Lipinski definition) is 4. The fraction of sp³-hybridized carbons (Fsp3) is 0.529. The number of nitrogens with two attached hydrogens (primary N) is 1. The van der Waals surface area contributed by atoms with Crippen molar-refractivity contribution in [2.75, 3.05) is 25.4 Å². The summed E-state index contributed by atoms with van der Waals surface area (Å²) >= 11 is 0.994. The van der Waals surface area contributed by atoms with E-state index in [-0.39, 0.29) is 46.8 Å². The monoisotopic (exact) mass is 516 g/mol. The number of Topliss-reactive ketones (excluding diaryl/α,β-unsaturated/α-hetero) is 1. The second kappa shape index (κ2) is 8.48. The lowest BCUT2D eigenvalue weighted by Gasteiger charge is -2.45. The Morgan fingerprint density at radius 2 is 2.09 bits per heavy atom. The SMILES string of the molecule is Nc1nc(/C(=N/OC2(C(=O)O)CC2)C(=O)C[C@@H]2C(=O)N(S(=O)(=O)O)[C@@H]2CN2CCNC2=O)cs1. The van der Waals surface area contributed by atoms with Crippen molar-refractivity contribution < 1.29 is 42.1 Å². The van der Waals surface area contributed by atoms with Crippen LogP contribution in [0.3, 0.4) is 0 Å². The number of thiazole rings is 1. The van der Waals surface area contributed by atoms with Gasteiger partial charge < -0.3 is 25.9 Å². The number of hydrogen-bond acceptors (Lipinski definition) is 11. The molecule has 4 rings (SSSR count). The number of aromatic nitrogens is 1. The molecule has 0 spiro atoms. The summed E-state index contributed by atoms with van der Waals surface area (Å²) in [6.45, 7) is 0.336. The van der Waals surface area contributed by atoms with Gasteiger partial charge in [-0.2, -0.15) is 8.42 Å². The van der Waals surface area contributed by atoms with E-state index in [4.69, 9.17) is 10.6 Å². The van der Waals surface area contributed by atoms with Crippen LogP contribution in [0, 0.1) is 5.92 Å². The van der Waals surface area contributed by atoms with E-state index in [0.717, 1.165) is 11.3 Å². The predicted molar refractivity (Wildman–Crippen MR) is 114 cm³/mol. The highest BCUT2D eigenvalue weighted by atomic mass is 32.2. The van der Waals surface area contributed by atoms with Gasteiger partial charge in [-0.05, 0) is 0 Å². The molecule has 1 saturated carbocycles. The van der Waals surface area contributed by atoms with Crippen LogP contribution < -0.4 is 11.1 Å². The van der Waals surface area contributed by atoms with Gasteiger partial charge in [-0.25, -0.2) is 18.9 Å². The average Bonchev–Trinajstić information content (AvgIpc) is 3.26. The van der Waals surface area contributed by atoms with Crippen molar-refractivity contribution in [1.29, 1.82) is 0 Å². The Kier molecular flexibility index (Phi) is 5.94. The van der Waals surface area contributed by atoms with Crippen molar-refractivity contribution in [3.63, 3.8) is 0 Å². The number of carboxylic acid groups (broad SMARTS) is 1. The number of nitrogens with one attached hydrogen (secondary N) is 1. The lowest BCUT2D eigenvalue weighted by atomic mass is 9.84. The van der Waals surface area contributed by atoms with Gasteiger partial charge in [0, 0.05) is 44.3 Å². The van der Waals surface area contributed by atoms with E-state index in [0.29, 0.717) is 6.54 Å². The first-order valence-corrected chi connectivity index (χ1v) is 12.3. The van der Waals surface area contributed by atoms with Crippen LogP contribution in [0.2, 0.25) is 0 Å². The van der Waals surface area contributed by atoms with Crippen LogP contribution in [0.25, 0.3) is 0 Å². The lowest BCUT2D eigenvalue weighted by molar-refractivity contribution is -0.153. The van der Waals surface area contributed by atoms with E-state index < -0.39 is 58.0 Å². The van der Waals surface area contributed by atoms with Crippen molar-refractivity contribution >= 4 is 56.2 Å². The van der Waals surface area contributed by atoms with Crippen LogP contribution in [-0.4, -0.2) is 92.9 Å². The summed E-state index contributed by atoms with van der Waals surface area (Å²) in [5.41, 5.74) is 3.69. The molecule has 0 unspecified atom stereocenters. The van der Waals surface area contributed by atoms with E-state index in [1.165, 1.54) is 10.3 Å². The highest BCUT2D eigenvalue weighted by Crippen LogP contribution is 2.40. The Morgan fingerprint density at radius 3 is 2.59 bits per heavy atom. The van der Waals surface area contributed by atoms with Gasteiger partial charge in [-0.15, -0.1) is 11.3 Å². The average molecular weight is 517 g/mol. The third-order valence-electron chi connectivity index (χ3n) is 5.74. The number of ketones is 1. The molecule has 3 fully saturated rings. The minimum atomic E-state index is -4.93. The molecular formula is C17H20N6O9S2. The Hall–Kier alpha value is -3.31. The highest BCUT2D eigenvalue weighted by molar-refractivity contribution is 7.84. The summed E-state index contributed by atoms with van der Waals surface area (Å²) in [5.74, 6) is -4.25. The predicted octanol–water partition coefficient (Wildman–Crippen LogP) is -1.32. The number of amides is 3. The van der Waals surface area contributed by atoms with Gasteiger partial charge in [0.15, 0.2) is 16.6 Å². The number of nitrogens with zero attached hydrogens (tertiary/aromatic N) is 4. The van der Waals surface area contributed by atoms with Gasteiger partial charge in [0.2, 0.25) is 11.5 Å². The van der Waals surface area contributed by atoms with Gasteiger partial charge in [-0.3, -0.25) is 14.1 Å². The van der Waals surface area contributed by atoms with E-state index in [1.807, 2.05) is 0 Å². The summed E-state index contributed by atoms with van der Waals surface area (Å²) in [4.78, 5) is 59.2. The van der Waals surface area contributed by atoms with Gasteiger partial charge >= 0.3 is 22.3 Å². The summed E-state index contributed by atoms with van der Waals surface area (Å²) < 4.78 is 33.1. The molecule has 1 aromatic heterocycles. The molecule has 0 bridgehead atoms. The molecule has 5 N–H and O–H groups in total. The zero-order valence-electron chi connectivity index (χ0n) is 17.4. The number of anilines is 1. The number of carboxylic acids is 1. The van der Waals surface area contributed by atoms with Crippen molar-refractivity contribution in [3.8, 4) is 0 Å². The molecule has 3 heterocycles. The van der Waals surface area contributed by atoms with Crippen LogP contribution in [0.15, 0.2) is 10.5 Å². The third kappa shape index (κ3) is 4.40. The number of urea groups is 1. The standard InChI is InChI=1S/C17H20N6O9S2/c18-15-20-9(7-33-15)12(21-32-17(1-2-17)14(26)27)11(24)5-8-10(6-22-4-3-19-16(22)28)23(13(8)25)34(29,30)31/h7-8,10H,1-6H2,(H2,18,20)(H,19,28)(H,26,27)(H,29,30,31)/b21-12-/t8-,10+/m0/s1. The fourth-order valence-corrected chi connectivity index (χ4v) is 5.18. The van der Waals surface area contributed by atoms with E-state index in [9.17, 15) is 37.3 Å². The fourth-order valence-electron chi connectivity index (χ4n) is 3.72. The van der Waals surface area contributed by atoms with Gasteiger partial charge in [0.1, 0.15) is 5.69 Å². The maximum absolute atomic E-state index is 13.1. The first-order valence-electron chi connectivity index (χ1n) is 10.0. The number of nitrogen functional groups attached to an aromatic ring is 1. The minimum absolute atomic E-state index is 0.00238. The second-order valence-electron chi connectivity index (χ2n) is 7.99. The molecule has 2 saturated heterocycles. The number of carbonyl (C=O) groups is 4. The van der Waals surface area contributed by atoms with Crippen molar-refractivity contribution in [2.45, 2.75) is 30.9 Å². The maximum atomic E-state index is 13.1. The molecule has 0 radical (unpaired) electrons. The number of carbonyl (C=O) groups excluding carboxylic acids is 3. The van der Waals surface area contributed by atoms with Crippen molar-refractivity contribution in [3.05, 3.63) is 11.1 Å². The molecule has 17 heteroatoms. The van der Waals surface area contributed by atoms with Crippen molar-refractivity contribution in [2.24, 2.45) is 11.1 Å². The molecule has 1 aliphatic carbocycles. The third-order valence-corrected chi connectivity index (χ3v) is 7.36. The van der Waals surface area contributed by atoms with Gasteiger partial charge in [0.25, 0.3) is 0 Å². The quantitative estimate of drug-likeness (QED) is 0.123. The first-order chi connectivity index (χ1) is 15.9. The van der Waals surface area contributed by atoms with Crippen LogP contribution in [0.1, 0.15) is 25.0 Å². The normalized spacial score (nSPS) is 24.0. The Labute approximate surface area is 196 Å². The maximum Gasteiger partial charge on any atom is 0.362 e. The van der Waals surface area contributed by atoms with Crippen LogP contribution >= 0.6 is 11.3 Å². The van der Waals surface area contributed by atoms with E-state index in [1.54, 1.807) is 0 Å². The second-order valence-corrected chi connectivity index (χ2v) is 10.2. The summed E-state index contributed by atoms with van der Waals surface area (Å²) in [7, 11) is -4.93. The molecular weight excluding hydrogens is 496 g/mol. The summed E-state index contributed by atoms with van der Waals surface area (Å²) in [6.07, 6.45) is -0.168. The molecule has 15 nitrogen and oxygen atoms in total. The van der Waals surface area contributed by atoms with Gasteiger partial charge in [0.05, 0.1) is 12.0 Å². The zero-order chi connectivity index (χ0) is 24.8. The molecule has 2 atom stereocenters. The summed E-state index contributed by atoms with van der Waals surface area (Å²) in [5, 5.41) is 17.0. The smallest absolute Gasteiger partial charge is 0.362 e. The highest BCUT2D eigenvalue weighted by Gasteiger charge is 2.56. The van der Waals surface area contributed by atoms with Crippen LogP contribution in [-0.2, 0) is 29.5 Å². The van der Waals surface area contributed by atoms with Crippen LogP contribution in [0.4, 0.5) is 9.93 Å². The van der Waals surface area contributed by atoms with Crippen LogP contribution in [0.5, 0.6) is 0 Å². The Balaban J connectivity index is 1.57. The molecule has 1 aromatic rings. The number of oxime groups is 1. The minimum Gasteiger partial charge on any atom is -0.478 e. The van der Waals surface area contributed by atoms with E-state index >= 15 is 0 Å². The topological polar surface area (TPSA) is 222 Å². The molecule has 3 amide bonds.